The lowest BCUT2D eigenvalue weighted by molar-refractivity contribution is 0.00360. The van der Waals surface area contributed by atoms with Crippen LogP contribution < -0.4 is 5.73 Å². The van der Waals surface area contributed by atoms with E-state index in [9.17, 15) is 10.4 Å². The van der Waals surface area contributed by atoms with Gasteiger partial charge in [0.15, 0.2) is 0 Å². The summed E-state index contributed by atoms with van der Waals surface area (Å²) in [5.41, 5.74) is 6.58. The van der Waals surface area contributed by atoms with E-state index in [1.165, 1.54) is 0 Å². The lowest BCUT2D eigenvalue weighted by Gasteiger charge is -2.32. The zero-order chi connectivity index (χ0) is 16.1. The van der Waals surface area contributed by atoms with E-state index < -0.39 is 5.60 Å². The molecule has 0 aromatic carbocycles. The Hall–Kier alpha value is -2.13. The van der Waals surface area contributed by atoms with Gasteiger partial charge in [0, 0.05) is 18.2 Å². The van der Waals surface area contributed by atoms with Gasteiger partial charge in [0.2, 0.25) is 0 Å². The van der Waals surface area contributed by atoms with Crippen molar-refractivity contribution in [1.29, 1.82) is 5.26 Å². The monoisotopic (exact) mass is 299 g/mol. The first-order chi connectivity index (χ1) is 10.3. The lowest BCUT2D eigenvalue weighted by atomic mass is 9.86. The molecule has 0 amide bonds. The molecule has 2 aromatic rings. The van der Waals surface area contributed by atoms with E-state index in [-0.39, 0.29) is 12.0 Å². The van der Waals surface area contributed by atoms with Crippen molar-refractivity contribution >= 4 is 16.9 Å². The van der Waals surface area contributed by atoms with Crippen LogP contribution in [0.1, 0.15) is 50.5 Å². The second kappa shape index (κ2) is 4.96. The summed E-state index contributed by atoms with van der Waals surface area (Å²) in [6.45, 7) is 5.49. The first-order valence-electron chi connectivity index (χ1n) is 7.60. The van der Waals surface area contributed by atoms with Gasteiger partial charge in [-0.2, -0.15) is 5.26 Å². The largest absolute Gasteiger partial charge is 0.390 e. The van der Waals surface area contributed by atoms with Gasteiger partial charge >= 0.3 is 0 Å². The van der Waals surface area contributed by atoms with Crippen molar-refractivity contribution in [2.24, 2.45) is 5.92 Å². The molecule has 22 heavy (non-hydrogen) atoms. The quantitative estimate of drug-likeness (QED) is 0.886. The van der Waals surface area contributed by atoms with Crippen LogP contribution in [0.2, 0.25) is 0 Å². The van der Waals surface area contributed by atoms with Crippen LogP contribution in [0, 0.1) is 24.2 Å². The van der Waals surface area contributed by atoms with Crippen LogP contribution in [0.5, 0.6) is 0 Å². The van der Waals surface area contributed by atoms with Crippen molar-refractivity contribution in [3.8, 4) is 6.07 Å². The second-order valence-electron chi connectivity index (χ2n) is 6.65. The molecule has 2 aromatic heterocycles. The Morgan fingerprint density at radius 3 is 2.82 bits per heavy atom. The van der Waals surface area contributed by atoms with Crippen molar-refractivity contribution in [2.75, 3.05) is 5.73 Å². The molecule has 0 unspecified atom stereocenters. The van der Waals surface area contributed by atoms with Crippen molar-refractivity contribution < 1.29 is 5.11 Å². The molecule has 0 spiro atoms. The van der Waals surface area contributed by atoms with E-state index in [1.54, 1.807) is 6.20 Å². The maximum Gasteiger partial charge on any atom is 0.146 e. The number of nitrogens with two attached hydrogens (primary N) is 1. The normalized spacial score (nSPS) is 22.1. The fourth-order valence-electron chi connectivity index (χ4n) is 3.72. The number of hydrogen-bond acceptors (Lipinski definition) is 5. The summed E-state index contributed by atoms with van der Waals surface area (Å²) >= 11 is 0. The van der Waals surface area contributed by atoms with Crippen LogP contribution in [-0.4, -0.2) is 25.2 Å². The average molecular weight is 299 g/mol. The second-order valence-corrected chi connectivity index (χ2v) is 6.65. The highest BCUT2D eigenvalue weighted by atomic mass is 16.3. The lowest BCUT2D eigenvalue weighted by Crippen LogP contribution is -2.34. The molecule has 116 valence electrons. The van der Waals surface area contributed by atoms with Crippen molar-refractivity contribution in [3.05, 3.63) is 17.6 Å². The van der Waals surface area contributed by atoms with Gasteiger partial charge in [-0.1, -0.05) is 6.42 Å². The Labute approximate surface area is 129 Å². The number of fused-ring (bicyclic) bond motifs is 1. The minimum atomic E-state index is -0.793. The van der Waals surface area contributed by atoms with Crippen LogP contribution in [0.3, 0.4) is 0 Å². The smallest absolute Gasteiger partial charge is 0.146 e. The maximum atomic E-state index is 10.5. The molecule has 6 heteroatoms. The summed E-state index contributed by atoms with van der Waals surface area (Å²) < 4.78 is 1.94. The molecule has 3 N–H and O–H groups in total. The van der Waals surface area contributed by atoms with Gasteiger partial charge in [0.1, 0.15) is 28.9 Å². The number of nitriles is 1. The molecule has 2 atom stereocenters. The molecular formula is C16H21N5O. The third-order valence-electron chi connectivity index (χ3n) is 4.73. The van der Waals surface area contributed by atoms with Crippen molar-refractivity contribution in [2.45, 2.75) is 51.7 Å². The molecule has 3 rings (SSSR count). The zero-order valence-corrected chi connectivity index (χ0v) is 13.2. The highest BCUT2D eigenvalue weighted by molar-refractivity contribution is 5.89. The molecule has 0 saturated heterocycles. The number of nitrogen functional groups attached to an aromatic ring is 1. The summed E-state index contributed by atoms with van der Waals surface area (Å²) in [5.74, 6) is 1.17. The molecule has 0 radical (unpaired) electrons. The Balaban J connectivity index is 2.25. The van der Waals surface area contributed by atoms with Gasteiger partial charge in [-0.15, -0.1) is 0 Å². The van der Waals surface area contributed by atoms with Gasteiger partial charge in [-0.25, -0.2) is 9.97 Å². The summed E-state index contributed by atoms with van der Waals surface area (Å²) in [4.78, 5) is 8.69. The number of rotatable bonds is 2. The van der Waals surface area contributed by atoms with Crippen LogP contribution >= 0.6 is 0 Å². The Bertz CT molecular complexity index is 765. The predicted octanol–water partition coefficient (Wildman–Crippen LogP) is 2.31. The van der Waals surface area contributed by atoms with Crippen LogP contribution in [0.15, 0.2) is 6.20 Å². The van der Waals surface area contributed by atoms with Gasteiger partial charge < -0.3 is 15.4 Å². The molecule has 1 aliphatic carbocycles. The first-order valence-corrected chi connectivity index (χ1v) is 7.60. The molecule has 1 aliphatic rings. The molecule has 1 fully saturated rings. The molecule has 0 bridgehead atoms. The summed E-state index contributed by atoms with van der Waals surface area (Å²) in [7, 11) is 0. The number of anilines is 1. The van der Waals surface area contributed by atoms with Crippen molar-refractivity contribution in [3.63, 3.8) is 0 Å². The van der Waals surface area contributed by atoms with E-state index in [2.05, 4.69) is 16.0 Å². The highest BCUT2D eigenvalue weighted by Crippen LogP contribution is 2.45. The number of aliphatic hydroxyl groups is 1. The molecule has 6 nitrogen and oxygen atoms in total. The minimum Gasteiger partial charge on any atom is -0.390 e. The molecule has 0 aliphatic heterocycles. The third-order valence-corrected chi connectivity index (χ3v) is 4.73. The van der Waals surface area contributed by atoms with Gasteiger partial charge in [0.25, 0.3) is 0 Å². The average Bonchev–Trinajstić information content (AvgIpc) is 2.99. The predicted molar refractivity (Wildman–Crippen MR) is 84.1 cm³/mol. The van der Waals surface area contributed by atoms with Gasteiger partial charge in [0.05, 0.1) is 11.0 Å². The Kier molecular flexibility index (Phi) is 3.33. The fraction of sp³-hybridized carbons (Fsp3) is 0.562. The summed E-state index contributed by atoms with van der Waals surface area (Å²) in [5, 5.41) is 20.6. The number of hydrogen-bond donors (Lipinski definition) is 2. The number of nitrogens with zero attached hydrogens (tertiary/aromatic N) is 4. The third kappa shape index (κ3) is 2.13. The SMILES string of the molecule is Cc1ncc2c(C#N)c(N)n([C@@H]3CCC[C@H]3C(C)(C)O)c2n1. The standard InChI is InChI=1S/C16H21N5O/c1-9-19-8-11-10(7-17)14(18)21(15(11)20-9)13-6-4-5-12(13)16(2,3)22/h8,12-13,22H,4-6,18H2,1-3H3/t12-,13-/m1/s1. The van der Waals surface area contributed by atoms with Gasteiger partial charge in [-0.3, -0.25) is 0 Å². The van der Waals surface area contributed by atoms with Crippen LogP contribution in [0.25, 0.3) is 11.0 Å². The topological polar surface area (TPSA) is 101 Å². The maximum absolute atomic E-state index is 10.5. The van der Waals surface area contributed by atoms with E-state index in [0.717, 1.165) is 19.3 Å². The number of aryl methyl sites for hydroxylation is 1. The Morgan fingerprint density at radius 1 is 1.45 bits per heavy atom. The van der Waals surface area contributed by atoms with E-state index in [0.29, 0.717) is 28.2 Å². The fourth-order valence-corrected chi connectivity index (χ4v) is 3.72. The molecule has 2 heterocycles. The van der Waals surface area contributed by atoms with E-state index in [4.69, 9.17) is 5.73 Å². The summed E-state index contributed by atoms with van der Waals surface area (Å²) in [6, 6.07) is 2.22. The summed E-state index contributed by atoms with van der Waals surface area (Å²) in [6.07, 6.45) is 4.57. The van der Waals surface area contributed by atoms with E-state index >= 15 is 0 Å². The van der Waals surface area contributed by atoms with Crippen LogP contribution in [0.4, 0.5) is 5.82 Å². The first kappa shape index (κ1) is 14.8. The number of aromatic nitrogens is 3. The van der Waals surface area contributed by atoms with Gasteiger partial charge in [-0.05, 0) is 33.6 Å². The zero-order valence-electron chi connectivity index (χ0n) is 13.2. The Morgan fingerprint density at radius 2 is 2.18 bits per heavy atom. The molecule has 1 saturated carbocycles. The minimum absolute atomic E-state index is 0.0545. The molecular weight excluding hydrogens is 278 g/mol. The van der Waals surface area contributed by atoms with Crippen molar-refractivity contribution in [1.82, 2.24) is 14.5 Å². The highest BCUT2D eigenvalue weighted by Gasteiger charge is 2.40. The van der Waals surface area contributed by atoms with Crippen LogP contribution in [-0.2, 0) is 0 Å². The van der Waals surface area contributed by atoms with E-state index in [1.807, 2.05) is 25.3 Å².